The lowest BCUT2D eigenvalue weighted by Crippen LogP contribution is -2.54. The van der Waals surface area contributed by atoms with Crippen molar-refractivity contribution >= 4 is 21.6 Å². The summed E-state index contributed by atoms with van der Waals surface area (Å²) in [5.74, 6) is -0.198. The van der Waals surface area contributed by atoms with Crippen LogP contribution in [0, 0.1) is 5.82 Å². The van der Waals surface area contributed by atoms with Gasteiger partial charge < -0.3 is 10.2 Å². The minimum atomic E-state index is -0.198. The minimum Gasteiger partial charge on any atom is -0.366 e. The molecule has 1 aromatic carbocycles. The molecule has 1 heterocycles. The quantitative estimate of drug-likeness (QED) is 0.854. The van der Waals surface area contributed by atoms with E-state index in [9.17, 15) is 4.39 Å². The summed E-state index contributed by atoms with van der Waals surface area (Å²) in [6, 6.07) is 6.17. The van der Waals surface area contributed by atoms with Gasteiger partial charge in [-0.2, -0.15) is 0 Å². The first-order chi connectivity index (χ1) is 7.58. The van der Waals surface area contributed by atoms with Gasteiger partial charge in [0.05, 0.1) is 4.47 Å². The van der Waals surface area contributed by atoms with Gasteiger partial charge in [-0.3, -0.25) is 0 Å². The molecule has 16 heavy (non-hydrogen) atoms. The predicted molar refractivity (Wildman–Crippen MR) is 68.4 cm³/mol. The Morgan fingerprint density at radius 3 is 2.88 bits per heavy atom. The molecule has 0 radical (unpaired) electrons. The Balaban J connectivity index is 2.24. The summed E-state index contributed by atoms with van der Waals surface area (Å²) < 4.78 is 14.0. The van der Waals surface area contributed by atoms with Crippen LogP contribution in [0.4, 0.5) is 10.1 Å². The number of anilines is 1. The molecule has 0 amide bonds. The Kier molecular flexibility index (Phi) is 3.50. The van der Waals surface area contributed by atoms with Crippen LogP contribution in [0.25, 0.3) is 0 Å². The van der Waals surface area contributed by atoms with Gasteiger partial charge in [0.1, 0.15) is 5.82 Å². The van der Waals surface area contributed by atoms with E-state index in [0.717, 1.165) is 18.8 Å². The smallest absolute Gasteiger partial charge is 0.139 e. The first-order valence-electron chi connectivity index (χ1n) is 5.53. The van der Waals surface area contributed by atoms with Crippen LogP contribution in [0.15, 0.2) is 22.7 Å². The first kappa shape index (κ1) is 11.9. The molecule has 0 aliphatic carbocycles. The molecule has 4 heteroatoms. The van der Waals surface area contributed by atoms with Crippen molar-refractivity contribution in [1.82, 2.24) is 5.32 Å². The summed E-state index contributed by atoms with van der Waals surface area (Å²) in [5, 5.41) is 3.41. The monoisotopic (exact) mass is 286 g/mol. The largest absolute Gasteiger partial charge is 0.366 e. The molecule has 1 aromatic rings. The molecule has 0 saturated carbocycles. The highest BCUT2D eigenvalue weighted by Gasteiger charge is 2.22. The van der Waals surface area contributed by atoms with Gasteiger partial charge in [0.15, 0.2) is 0 Å². The highest BCUT2D eigenvalue weighted by molar-refractivity contribution is 9.10. The van der Waals surface area contributed by atoms with E-state index in [2.05, 4.69) is 40.0 Å². The summed E-state index contributed by atoms with van der Waals surface area (Å²) in [6.45, 7) is 6.16. The van der Waals surface area contributed by atoms with E-state index < -0.39 is 0 Å². The molecule has 1 aliphatic heterocycles. The molecule has 1 saturated heterocycles. The molecule has 1 N–H and O–H groups in total. The molecule has 0 spiro atoms. The standard InChI is InChI=1S/C12H16BrFN2/c1-8-7-16(9(2)6-15-8)10-3-4-11(13)12(14)5-10/h3-5,8-9,15H,6-7H2,1-2H3. The highest BCUT2D eigenvalue weighted by Crippen LogP contribution is 2.24. The van der Waals surface area contributed by atoms with Crippen LogP contribution in [-0.2, 0) is 0 Å². The van der Waals surface area contributed by atoms with E-state index >= 15 is 0 Å². The van der Waals surface area contributed by atoms with Crippen molar-refractivity contribution in [2.45, 2.75) is 25.9 Å². The van der Waals surface area contributed by atoms with Crippen LogP contribution in [0.3, 0.4) is 0 Å². The SMILES string of the molecule is CC1CN(c2ccc(Br)c(F)c2)C(C)CN1. The van der Waals surface area contributed by atoms with Gasteiger partial charge in [0.2, 0.25) is 0 Å². The van der Waals surface area contributed by atoms with Crippen LogP contribution in [0.2, 0.25) is 0 Å². The van der Waals surface area contributed by atoms with Crippen molar-refractivity contribution in [2.75, 3.05) is 18.0 Å². The molecule has 1 fully saturated rings. The average Bonchev–Trinajstić information content (AvgIpc) is 2.26. The van der Waals surface area contributed by atoms with Crippen molar-refractivity contribution in [3.63, 3.8) is 0 Å². The average molecular weight is 287 g/mol. The van der Waals surface area contributed by atoms with Crippen LogP contribution >= 0.6 is 15.9 Å². The van der Waals surface area contributed by atoms with Gasteiger partial charge in [0.25, 0.3) is 0 Å². The second-order valence-corrected chi connectivity index (χ2v) is 5.26. The van der Waals surface area contributed by atoms with E-state index in [1.54, 1.807) is 12.1 Å². The molecule has 2 atom stereocenters. The molecule has 88 valence electrons. The van der Waals surface area contributed by atoms with Gasteiger partial charge in [-0.1, -0.05) is 0 Å². The van der Waals surface area contributed by atoms with Crippen LogP contribution in [0.1, 0.15) is 13.8 Å². The fourth-order valence-corrected chi connectivity index (χ4v) is 2.29. The maximum absolute atomic E-state index is 13.5. The molecule has 0 bridgehead atoms. The second kappa shape index (κ2) is 4.72. The van der Waals surface area contributed by atoms with E-state index in [4.69, 9.17) is 0 Å². The van der Waals surface area contributed by atoms with Gasteiger partial charge in [-0.05, 0) is 48.0 Å². The van der Waals surface area contributed by atoms with E-state index in [1.807, 2.05) is 6.07 Å². The number of rotatable bonds is 1. The summed E-state index contributed by atoms with van der Waals surface area (Å²) in [7, 11) is 0. The number of hydrogen-bond donors (Lipinski definition) is 1. The normalized spacial score (nSPS) is 25.9. The maximum atomic E-state index is 13.5. The lowest BCUT2D eigenvalue weighted by molar-refractivity contribution is 0.424. The highest BCUT2D eigenvalue weighted by atomic mass is 79.9. The number of nitrogens with zero attached hydrogens (tertiary/aromatic N) is 1. The Morgan fingerprint density at radius 2 is 2.19 bits per heavy atom. The number of benzene rings is 1. The molecule has 2 unspecified atom stereocenters. The van der Waals surface area contributed by atoms with Crippen LogP contribution in [0.5, 0.6) is 0 Å². The summed E-state index contributed by atoms with van der Waals surface area (Å²) in [6.07, 6.45) is 0. The topological polar surface area (TPSA) is 15.3 Å². The maximum Gasteiger partial charge on any atom is 0.139 e. The second-order valence-electron chi connectivity index (χ2n) is 4.41. The van der Waals surface area contributed by atoms with Gasteiger partial charge in [-0.25, -0.2) is 4.39 Å². The fraction of sp³-hybridized carbons (Fsp3) is 0.500. The van der Waals surface area contributed by atoms with E-state index in [-0.39, 0.29) is 5.82 Å². The van der Waals surface area contributed by atoms with Gasteiger partial charge in [0, 0.05) is 30.9 Å². The molecule has 0 aromatic heterocycles. The predicted octanol–water partition coefficient (Wildman–Crippen LogP) is 2.77. The molecule has 2 nitrogen and oxygen atoms in total. The summed E-state index contributed by atoms with van der Waals surface area (Å²) >= 11 is 3.17. The third-order valence-corrected chi connectivity index (χ3v) is 3.64. The lowest BCUT2D eigenvalue weighted by Gasteiger charge is -2.39. The zero-order valence-electron chi connectivity index (χ0n) is 9.50. The zero-order chi connectivity index (χ0) is 11.7. The fourth-order valence-electron chi connectivity index (χ4n) is 2.05. The van der Waals surface area contributed by atoms with Crippen LogP contribution in [-0.4, -0.2) is 25.2 Å². The van der Waals surface area contributed by atoms with Crippen molar-refractivity contribution in [3.8, 4) is 0 Å². The third kappa shape index (κ3) is 2.38. The Labute approximate surface area is 104 Å². The summed E-state index contributed by atoms with van der Waals surface area (Å²) in [4.78, 5) is 2.25. The number of piperazine rings is 1. The zero-order valence-corrected chi connectivity index (χ0v) is 11.1. The van der Waals surface area contributed by atoms with Crippen molar-refractivity contribution < 1.29 is 4.39 Å². The molecular formula is C12H16BrFN2. The molecule has 2 rings (SSSR count). The van der Waals surface area contributed by atoms with Crippen molar-refractivity contribution in [3.05, 3.63) is 28.5 Å². The Morgan fingerprint density at radius 1 is 1.44 bits per heavy atom. The number of hydrogen-bond acceptors (Lipinski definition) is 2. The lowest BCUT2D eigenvalue weighted by atomic mass is 10.1. The first-order valence-corrected chi connectivity index (χ1v) is 6.32. The van der Waals surface area contributed by atoms with E-state index in [1.165, 1.54) is 0 Å². The number of nitrogens with one attached hydrogen (secondary N) is 1. The van der Waals surface area contributed by atoms with Crippen molar-refractivity contribution in [2.24, 2.45) is 0 Å². The summed E-state index contributed by atoms with van der Waals surface area (Å²) in [5.41, 5.74) is 0.960. The Hall–Kier alpha value is -0.610. The van der Waals surface area contributed by atoms with Crippen LogP contribution < -0.4 is 10.2 Å². The third-order valence-electron chi connectivity index (χ3n) is 3.00. The van der Waals surface area contributed by atoms with Crippen molar-refractivity contribution in [1.29, 1.82) is 0 Å². The molecule has 1 aliphatic rings. The van der Waals surface area contributed by atoms with E-state index in [0.29, 0.717) is 16.6 Å². The minimum absolute atomic E-state index is 0.198. The Bertz CT molecular complexity index is 383. The van der Waals surface area contributed by atoms with Gasteiger partial charge >= 0.3 is 0 Å². The number of halogens is 2. The molecular weight excluding hydrogens is 271 g/mol. The van der Waals surface area contributed by atoms with Gasteiger partial charge in [-0.15, -0.1) is 0 Å².